The average Bonchev–Trinajstić information content (AvgIpc) is 2.78. The number of carbonyl (C=O) groups excluding carboxylic acids is 1. The quantitative estimate of drug-likeness (QED) is 0.659. The van der Waals surface area contributed by atoms with Crippen LogP contribution in [0.4, 0.5) is 11.4 Å². The maximum absolute atomic E-state index is 12.2. The summed E-state index contributed by atoms with van der Waals surface area (Å²) in [4.78, 5) is 25.5. The minimum Gasteiger partial charge on any atom is -0.379 e. The predicted molar refractivity (Wildman–Crippen MR) is 90.3 cm³/mol. The molecule has 1 saturated heterocycles. The molecule has 0 aliphatic carbocycles. The van der Waals surface area contributed by atoms with Gasteiger partial charge in [0.1, 0.15) is 0 Å². The van der Waals surface area contributed by atoms with E-state index in [0.29, 0.717) is 17.7 Å². The third kappa shape index (κ3) is 3.01. The number of ether oxygens (including phenoxy) is 1. The molecule has 2 aliphatic rings. The van der Waals surface area contributed by atoms with Crippen molar-refractivity contribution >= 4 is 17.3 Å². The number of carbonyl (C=O) groups is 1. The number of nitro benzene ring substituents is 1. The Kier molecular flexibility index (Phi) is 4.56. The number of nitrogens with one attached hydrogen (secondary N) is 1. The number of rotatable bonds is 5. The van der Waals surface area contributed by atoms with Gasteiger partial charge >= 0.3 is 0 Å². The van der Waals surface area contributed by atoms with E-state index < -0.39 is 5.41 Å². The van der Waals surface area contributed by atoms with Gasteiger partial charge in [-0.2, -0.15) is 0 Å². The number of amides is 1. The zero-order valence-electron chi connectivity index (χ0n) is 14.1. The van der Waals surface area contributed by atoms with E-state index in [1.807, 2.05) is 13.8 Å². The number of nitro groups is 1. The van der Waals surface area contributed by atoms with Crippen molar-refractivity contribution in [3.05, 3.63) is 33.4 Å². The van der Waals surface area contributed by atoms with Gasteiger partial charge in [-0.25, -0.2) is 0 Å². The highest BCUT2D eigenvalue weighted by Gasteiger charge is 2.41. The molecule has 130 valence electrons. The van der Waals surface area contributed by atoms with Crippen molar-refractivity contribution in [3.8, 4) is 0 Å². The van der Waals surface area contributed by atoms with Gasteiger partial charge in [-0.05, 0) is 44.9 Å². The van der Waals surface area contributed by atoms with E-state index in [9.17, 15) is 14.9 Å². The Morgan fingerprint density at radius 1 is 1.33 bits per heavy atom. The topological polar surface area (TPSA) is 84.7 Å². The van der Waals surface area contributed by atoms with Crippen molar-refractivity contribution in [2.75, 3.05) is 38.2 Å². The van der Waals surface area contributed by atoms with Crippen molar-refractivity contribution in [2.24, 2.45) is 0 Å². The van der Waals surface area contributed by atoms with Crippen LogP contribution in [0.5, 0.6) is 0 Å². The van der Waals surface area contributed by atoms with E-state index >= 15 is 0 Å². The van der Waals surface area contributed by atoms with Gasteiger partial charge in [0.05, 0.1) is 34.8 Å². The van der Waals surface area contributed by atoms with Crippen LogP contribution in [-0.4, -0.2) is 48.6 Å². The SMILES string of the molecule is CC1(C)C(=O)Nc2c1ccc([N+](=O)[O-])c2CCCN1CCOCC1. The fourth-order valence-corrected chi connectivity index (χ4v) is 3.42. The summed E-state index contributed by atoms with van der Waals surface area (Å²) < 4.78 is 5.33. The molecule has 7 nitrogen and oxygen atoms in total. The monoisotopic (exact) mass is 333 g/mol. The summed E-state index contributed by atoms with van der Waals surface area (Å²) in [5.41, 5.74) is 1.57. The molecule has 1 fully saturated rings. The van der Waals surface area contributed by atoms with Crippen LogP contribution in [0.1, 0.15) is 31.4 Å². The zero-order chi connectivity index (χ0) is 17.3. The Labute approximate surface area is 141 Å². The summed E-state index contributed by atoms with van der Waals surface area (Å²) in [6.07, 6.45) is 1.39. The lowest BCUT2D eigenvalue weighted by atomic mass is 9.84. The normalized spacial score (nSPS) is 19.8. The summed E-state index contributed by atoms with van der Waals surface area (Å²) in [7, 11) is 0. The van der Waals surface area contributed by atoms with Gasteiger partial charge in [-0.1, -0.05) is 0 Å². The summed E-state index contributed by atoms with van der Waals surface area (Å²) in [5, 5.41) is 14.3. The third-order valence-electron chi connectivity index (χ3n) is 4.97. The molecule has 1 aromatic rings. The second kappa shape index (κ2) is 6.49. The fraction of sp³-hybridized carbons (Fsp3) is 0.588. The lowest BCUT2D eigenvalue weighted by Gasteiger charge is -2.26. The maximum Gasteiger partial charge on any atom is 0.274 e. The van der Waals surface area contributed by atoms with E-state index in [4.69, 9.17) is 4.74 Å². The summed E-state index contributed by atoms with van der Waals surface area (Å²) in [5.74, 6) is -0.104. The Bertz CT molecular complexity index is 666. The molecule has 2 heterocycles. The van der Waals surface area contributed by atoms with Crippen molar-refractivity contribution < 1.29 is 14.5 Å². The highest BCUT2D eigenvalue weighted by molar-refractivity contribution is 6.07. The molecule has 24 heavy (non-hydrogen) atoms. The van der Waals surface area contributed by atoms with E-state index in [1.165, 1.54) is 6.07 Å². The lowest BCUT2D eigenvalue weighted by molar-refractivity contribution is -0.385. The molecule has 3 rings (SSSR count). The average molecular weight is 333 g/mol. The molecule has 1 N–H and O–H groups in total. The van der Waals surface area contributed by atoms with Crippen LogP contribution in [-0.2, 0) is 21.4 Å². The molecule has 2 aliphatic heterocycles. The molecule has 0 radical (unpaired) electrons. The van der Waals surface area contributed by atoms with Gasteiger partial charge in [0.15, 0.2) is 0 Å². The van der Waals surface area contributed by atoms with Crippen molar-refractivity contribution in [1.29, 1.82) is 0 Å². The molecule has 0 atom stereocenters. The number of hydrogen-bond donors (Lipinski definition) is 1. The lowest BCUT2D eigenvalue weighted by Crippen LogP contribution is -2.37. The van der Waals surface area contributed by atoms with Gasteiger partial charge in [0.2, 0.25) is 5.91 Å². The third-order valence-corrected chi connectivity index (χ3v) is 4.97. The van der Waals surface area contributed by atoms with E-state index in [0.717, 1.165) is 44.8 Å². The highest BCUT2D eigenvalue weighted by atomic mass is 16.6. The Balaban J connectivity index is 1.81. The first-order valence-corrected chi connectivity index (χ1v) is 8.33. The maximum atomic E-state index is 12.2. The summed E-state index contributed by atoms with van der Waals surface area (Å²) in [6.45, 7) is 7.85. The molecule has 0 spiro atoms. The van der Waals surface area contributed by atoms with Gasteiger partial charge in [-0.15, -0.1) is 0 Å². The molecule has 1 amide bonds. The van der Waals surface area contributed by atoms with Crippen LogP contribution in [0.25, 0.3) is 0 Å². The Morgan fingerprint density at radius 3 is 2.71 bits per heavy atom. The standard InChI is InChI=1S/C17H23N3O4/c1-17(2)13-5-6-14(20(22)23)12(15(13)18-16(17)21)4-3-7-19-8-10-24-11-9-19/h5-6H,3-4,7-11H2,1-2H3,(H,18,21). The number of benzene rings is 1. The molecule has 0 aromatic heterocycles. The smallest absolute Gasteiger partial charge is 0.274 e. The molecular formula is C17H23N3O4. The molecule has 7 heteroatoms. The van der Waals surface area contributed by atoms with Crippen LogP contribution in [0.2, 0.25) is 0 Å². The first-order valence-electron chi connectivity index (χ1n) is 8.33. The van der Waals surface area contributed by atoms with Crippen LogP contribution < -0.4 is 5.32 Å². The summed E-state index contributed by atoms with van der Waals surface area (Å²) >= 11 is 0. The molecule has 1 aromatic carbocycles. The van der Waals surface area contributed by atoms with E-state index in [1.54, 1.807) is 6.07 Å². The minimum atomic E-state index is -0.649. The summed E-state index contributed by atoms with van der Waals surface area (Å²) in [6, 6.07) is 3.24. The molecular weight excluding hydrogens is 310 g/mol. The first-order chi connectivity index (χ1) is 11.4. The number of anilines is 1. The first kappa shape index (κ1) is 16.9. The van der Waals surface area contributed by atoms with Crippen molar-refractivity contribution in [3.63, 3.8) is 0 Å². The molecule has 0 saturated carbocycles. The van der Waals surface area contributed by atoms with Crippen LogP contribution in [0, 0.1) is 10.1 Å². The van der Waals surface area contributed by atoms with Gasteiger partial charge in [0, 0.05) is 19.2 Å². The Morgan fingerprint density at radius 2 is 2.04 bits per heavy atom. The van der Waals surface area contributed by atoms with Crippen molar-refractivity contribution in [1.82, 2.24) is 4.90 Å². The van der Waals surface area contributed by atoms with Gasteiger partial charge in [0.25, 0.3) is 5.69 Å². The van der Waals surface area contributed by atoms with Gasteiger partial charge in [-0.3, -0.25) is 19.8 Å². The van der Waals surface area contributed by atoms with Crippen molar-refractivity contribution in [2.45, 2.75) is 32.1 Å². The fourth-order valence-electron chi connectivity index (χ4n) is 3.42. The molecule has 0 bridgehead atoms. The number of nitrogens with zero attached hydrogens (tertiary/aromatic N) is 2. The number of hydrogen-bond acceptors (Lipinski definition) is 5. The number of fused-ring (bicyclic) bond motifs is 1. The van der Waals surface area contributed by atoms with Crippen LogP contribution in [0.15, 0.2) is 12.1 Å². The van der Waals surface area contributed by atoms with Crippen LogP contribution in [0.3, 0.4) is 0 Å². The Hall–Kier alpha value is -1.99. The predicted octanol–water partition coefficient (Wildman–Crippen LogP) is 2.09. The second-order valence-corrected chi connectivity index (χ2v) is 6.88. The molecule has 0 unspecified atom stereocenters. The zero-order valence-corrected chi connectivity index (χ0v) is 14.1. The van der Waals surface area contributed by atoms with E-state index in [-0.39, 0.29) is 16.5 Å². The van der Waals surface area contributed by atoms with Gasteiger partial charge < -0.3 is 10.1 Å². The highest BCUT2D eigenvalue weighted by Crippen LogP contribution is 2.43. The largest absolute Gasteiger partial charge is 0.379 e. The minimum absolute atomic E-state index is 0.0914. The van der Waals surface area contributed by atoms with E-state index in [2.05, 4.69) is 10.2 Å². The van der Waals surface area contributed by atoms with Crippen LogP contribution >= 0.6 is 0 Å². The second-order valence-electron chi connectivity index (χ2n) is 6.88. The number of morpholine rings is 1.